The number of hydrogen-bond donors (Lipinski definition) is 1. The number of nitrogens with one attached hydrogen (secondary N) is 1. The summed E-state index contributed by atoms with van der Waals surface area (Å²) in [6, 6.07) is 12.6. The number of carbonyl (C=O) groups excluding carboxylic acids is 1. The molecule has 1 N–H and O–H groups in total. The molecule has 6 nitrogen and oxygen atoms in total. The van der Waals surface area contributed by atoms with Crippen LogP contribution in [-0.2, 0) is 11.2 Å². The number of carbonyl (C=O) groups is 1. The molecule has 28 heavy (non-hydrogen) atoms. The van der Waals surface area contributed by atoms with E-state index in [-0.39, 0.29) is 11.7 Å². The summed E-state index contributed by atoms with van der Waals surface area (Å²) in [6.45, 7) is 4.37. The van der Waals surface area contributed by atoms with Gasteiger partial charge in [0.15, 0.2) is 0 Å². The molecule has 3 rings (SSSR count). The molecule has 0 aromatic heterocycles. The van der Waals surface area contributed by atoms with E-state index in [1.54, 1.807) is 31.4 Å². The quantitative estimate of drug-likeness (QED) is 0.608. The summed E-state index contributed by atoms with van der Waals surface area (Å²) in [5.74, 6) is 1.58. The first kappa shape index (κ1) is 19.3. The van der Waals surface area contributed by atoms with Crippen LogP contribution >= 0.6 is 0 Å². The van der Waals surface area contributed by atoms with Crippen LogP contribution in [0.2, 0.25) is 0 Å². The average molecular weight is 378 g/mol. The lowest BCUT2D eigenvalue weighted by Gasteiger charge is -2.11. The number of anilines is 1. The van der Waals surface area contributed by atoms with Crippen LogP contribution in [-0.4, -0.2) is 25.7 Å². The first-order chi connectivity index (χ1) is 13.5. The Bertz CT molecular complexity index is 942. The standard InChI is InChI=1S/C22H22N2O4/c1-4-27-20-11-15-9-14(2)28-21(15)12-16(20)10-17(13-23)22(25)24-18-5-7-19(26-3)8-6-18/h5-8,10-12,14H,4,9H2,1-3H3,(H,24,25)/b17-10+/t14-/m1/s1. The van der Waals surface area contributed by atoms with Crippen molar-refractivity contribution in [1.29, 1.82) is 5.26 Å². The predicted molar refractivity (Wildman–Crippen MR) is 107 cm³/mol. The molecule has 0 radical (unpaired) electrons. The number of nitriles is 1. The molecular formula is C22H22N2O4. The van der Waals surface area contributed by atoms with E-state index >= 15 is 0 Å². The van der Waals surface area contributed by atoms with Gasteiger partial charge in [0.2, 0.25) is 0 Å². The van der Waals surface area contributed by atoms with Crippen molar-refractivity contribution >= 4 is 17.7 Å². The van der Waals surface area contributed by atoms with Crippen LogP contribution in [0.25, 0.3) is 6.08 Å². The molecule has 0 spiro atoms. The predicted octanol–water partition coefficient (Wildman–Crippen LogP) is 3.96. The molecule has 1 heterocycles. The Labute approximate surface area is 164 Å². The highest BCUT2D eigenvalue weighted by Crippen LogP contribution is 2.36. The molecule has 0 bridgehead atoms. The molecule has 1 aliphatic heterocycles. The molecule has 0 saturated heterocycles. The normalized spacial score (nSPS) is 15.2. The maximum absolute atomic E-state index is 12.6. The van der Waals surface area contributed by atoms with Gasteiger partial charge in [-0.3, -0.25) is 4.79 Å². The van der Waals surface area contributed by atoms with Crippen LogP contribution in [0.4, 0.5) is 5.69 Å². The largest absolute Gasteiger partial charge is 0.497 e. The van der Waals surface area contributed by atoms with Crippen molar-refractivity contribution in [1.82, 2.24) is 0 Å². The first-order valence-electron chi connectivity index (χ1n) is 9.07. The molecule has 0 fully saturated rings. The van der Waals surface area contributed by atoms with Gasteiger partial charge in [0.05, 0.1) is 13.7 Å². The van der Waals surface area contributed by atoms with Gasteiger partial charge in [0, 0.05) is 23.2 Å². The number of ether oxygens (including phenoxy) is 3. The lowest BCUT2D eigenvalue weighted by atomic mass is 10.0. The van der Waals surface area contributed by atoms with E-state index in [9.17, 15) is 10.1 Å². The zero-order chi connectivity index (χ0) is 20.1. The highest BCUT2D eigenvalue weighted by atomic mass is 16.5. The fraction of sp³-hybridized carbons (Fsp3) is 0.273. The summed E-state index contributed by atoms with van der Waals surface area (Å²) in [7, 11) is 1.57. The van der Waals surface area contributed by atoms with Crippen LogP contribution in [0.3, 0.4) is 0 Å². The number of fused-ring (bicyclic) bond motifs is 1. The Morgan fingerprint density at radius 3 is 2.75 bits per heavy atom. The van der Waals surface area contributed by atoms with Gasteiger partial charge in [-0.05, 0) is 56.3 Å². The average Bonchev–Trinajstić information content (AvgIpc) is 3.05. The molecule has 2 aromatic carbocycles. The Kier molecular flexibility index (Phi) is 5.85. The fourth-order valence-corrected chi connectivity index (χ4v) is 3.03. The summed E-state index contributed by atoms with van der Waals surface area (Å²) in [6.07, 6.45) is 2.43. The van der Waals surface area contributed by atoms with Crippen molar-refractivity contribution in [3.63, 3.8) is 0 Å². The number of nitrogens with zero attached hydrogens (tertiary/aromatic N) is 1. The third-order valence-electron chi connectivity index (χ3n) is 4.34. The van der Waals surface area contributed by atoms with Gasteiger partial charge < -0.3 is 19.5 Å². The summed E-state index contributed by atoms with van der Waals surface area (Å²) in [5, 5.41) is 12.2. The minimum atomic E-state index is -0.495. The van der Waals surface area contributed by atoms with E-state index in [0.29, 0.717) is 29.4 Å². The van der Waals surface area contributed by atoms with E-state index in [0.717, 1.165) is 17.7 Å². The molecule has 144 valence electrons. The third-order valence-corrected chi connectivity index (χ3v) is 4.34. The van der Waals surface area contributed by atoms with E-state index < -0.39 is 5.91 Å². The number of benzene rings is 2. The molecule has 0 unspecified atom stereocenters. The second-order valence-electron chi connectivity index (χ2n) is 6.42. The summed E-state index contributed by atoms with van der Waals surface area (Å²) in [4.78, 5) is 12.6. The van der Waals surface area contributed by atoms with Crippen LogP contribution in [0, 0.1) is 11.3 Å². The minimum absolute atomic E-state index is 0.0252. The van der Waals surface area contributed by atoms with E-state index in [4.69, 9.17) is 14.2 Å². The number of rotatable bonds is 6. The van der Waals surface area contributed by atoms with E-state index in [2.05, 4.69) is 5.32 Å². The molecular weight excluding hydrogens is 356 g/mol. The Morgan fingerprint density at radius 2 is 2.11 bits per heavy atom. The summed E-state index contributed by atoms with van der Waals surface area (Å²) < 4.78 is 16.6. The zero-order valence-corrected chi connectivity index (χ0v) is 16.1. The maximum Gasteiger partial charge on any atom is 0.266 e. The number of amides is 1. The Balaban J connectivity index is 1.88. The fourth-order valence-electron chi connectivity index (χ4n) is 3.03. The molecule has 0 saturated carbocycles. The minimum Gasteiger partial charge on any atom is -0.497 e. The van der Waals surface area contributed by atoms with Crippen molar-refractivity contribution in [3.8, 4) is 23.3 Å². The molecule has 6 heteroatoms. The monoisotopic (exact) mass is 378 g/mol. The third kappa shape index (κ3) is 4.26. The van der Waals surface area contributed by atoms with Gasteiger partial charge in [-0.25, -0.2) is 0 Å². The van der Waals surface area contributed by atoms with Crippen molar-refractivity contribution < 1.29 is 19.0 Å². The molecule has 0 aliphatic carbocycles. The van der Waals surface area contributed by atoms with Crippen molar-refractivity contribution in [3.05, 3.63) is 53.1 Å². The number of methoxy groups -OCH3 is 1. The topological polar surface area (TPSA) is 80.6 Å². The first-order valence-corrected chi connectivity index (χ1v) is 9.07. The lowest BCUT2D eigenvalue weighted by Crippen LogP contribution is -2.13. The van der Waals surface area contributed by atoms with Crippen LogP contribution in [0.1, 0.15) is 25.0 Å². The van der Waals surface area contributed by atoms with E-state index in [1.807, 2.05) is 32.0 Å². The highest BCUT2D eigenvalue weighted by molar-refractivity contribution is 6.09. The SMILES string of the molecule is CCOc1cc2c(cc1/C=C(\C#N)C(=O)Nc1ccc(OC)cc1)O[C@H](C)C2. The van der Waals surface area contributed by atoms with Crippen LogP contribution in [0.5, 0.6) is 17.2 Å². The second kappa shape index (κ2) is 8.49. The zero-order valence-electron chi connectivity index (χ0n) is 16.1. The van der Waals surface area contributed by atoms with Gasteiger partial charge in [0.25, 0.3) is 5.91 Å². The van der Waals surface area contributed by atoms with Gasteiger partial charge >= 0.3 is 0 Å². The van der Waals surface area contributed by atoms with Crippen molar-refractivity contribution in [2.24, 2.45) is 0 Å². The van der Waals surface area contributed by atoms with Crippen LogP contribution < -0.4 is 19.5 Å². The highest BCUT2D eigenvalue weighted by Gasteiger charge is 2.22. The second-order valence-corrected chi connectivity index (χ2v) is 6.42. The smallest absolute Gasteiger partial charge is 0.266 e. The van der Waals surface area contributed by atoms with E-state index in [1.165, 1.54) is 6.08 Å². The Hall–Kier alpha value is -3.46. The Morgan fingerprint density at radius 1 is 1.36 bits per heavy atom. The molecule has 2 aromatic rings. The van der Waals surface area contributed by atoms with Gasteiger partial charge in [-0.2, -0.15) is 5.26 Å². The van der Waals surface area contributed by atoms with Gasteiger partial charge in [-0.15, -0.1) is 0 Å². The van der Waals surface area contributed by atoms with Crippen LogP contribution in [0.15, 0.2) is 42.0 Å². The van der Waals surface area contributed by atoms with Gasteiger partial charge in [-0.1, -0.05) is 0 Å². The molecule has 1 atom stereocenters. The van der Waals surface area contributed by atoms with Gasteiger partial charge in [0.1, 0.15) is 35.0 Å². The molecule has 1 amide bonds. The lowest BCUT2D eigenvalue weighted by molar-refractivity contribution is -0.112. The van der Waals surface area contributed by atoms with Crippen molar-refractivity contribution in [2.75, 3.05) is 19.0 Å². The summed E-state index contributed by atoms with van der Waals surface area (Å²) >= 11 is 0. The molecule has 1 aliphatic rings. The summed E-state index contributed by atoms with van der Waals surface area (Å²) in [5.41, 5.74) is 2.25. The number of hydrogen-bond acceptors (Lipinski definition) is 5. The maximum atomic E-state index is 12.6. The van der Waals surface area contributed by atoms with Crippen molar-refractivity contribution in [2.45, 2.75) is 26.4 Å².